The fourth-order valence-electron chi connectivity index (χ4n) is 2.90. The number of carbonyl (C=O) groups is 1. The van der Waals surface area contributed by atoms with Crippen molar-refractivity contribution in [1.29, 1.82) is 0 Å². The molecule has 0 saturated heterocycles. The minimum Gasteiger partial charge on any atom is -0.492 e. The van der Waals surface area contributed by atoms with E-state index in [-0.39, 0.29) is 23.0 Å². The Morgan fingerprint density at radius 1 is 1.29 bits per heavy atom. The zero-order valence-electron chi connectivity index (χ0n) is 17.2. The molecule has 1 aromatic heterocycles. The van der Waals surface area contributed by atoms with Gasteiger partial charge < -0.3 is 10.1 Å². The monoisotopic (exact) mass is 408 g/mol. The molecule has 0 bridgehead atoms. The molecule has 2 aromatic rings. The molecule has 9 heteroatoms. The molecule has 8 nitrogen and oxygen atoms in total. The number of ether oxygens (including phenoxy) is 1. The minimum atomic E-state index is -3.71. The van der Waals surface area contributed by atoms with Gasteiger partial charge in [0.25, 0.3) is 0 Å². The van der Waals surface area contributed by atoms with E-state index in [1.807, 2.05) is 20.9 Å². The van der Waals surface area contributed by atoms with E-state index in [1.54, 1.807) is 23.7 Å². The van der Waals surface area contributed by atoms with Gasteiger partial charge in [0.05, 0.1) is 12.3 Å². The van der Waals surface area contributed by atoms with Crippen LogP contribution in [-0.4, -0.2) is 49.1 Å². The Hall–Kier alpha value is -2.39. The van der Waals surface area contributed by atoms with Crippen molar-refractivity contribution in [1.82, 2.24) is 14.1 Å². The Bertz CT molecular complexity index is 965. The number of anilines is 1. The fourth-order valence-corrected chi connectivity index (χ4v) is 3.95. The van der Waals surface area contributed by atoms with Gasteiger partial charge in [-0.2, -0.15) is 5.10 Å². The molecule has 2 rings (SSSR count). The SMILES string of the molecule is CCOc1ccc(NC(=O)CCc2c(C)nn(C)c2C)cc1S(=O)(=O)N(C)C. The van der Waals surface area contributed by atoms with Gasteiger partial charge in [0.1, 0.15) is 10.6 Å². The van der Waals surface area contributed by atoms with Gasteiger partial charge in [-0.15, -0.1) is 0 Å². The largest absolute Gasteiger partial charge is 0.492 e. The lowest BCUT2D eigenvalue weighted by molar-refractivity contribution is -0.116. The molecule has 1 aromatic carbocycles. The second-order valence-electron chi connectivity index (χ2n) is 6.70. The number of sulfonamides is 1. The van der Waals surface area contributed by atoms with Crippen LogP contribution in [0, 0.1) is 13.8 Å². The molecule has 154 valence electrons. The highest BCUT2D eigenvalue weighted by atomic mass is 32.2. The van der Waals surface area contributed by atoms with E-state index in [0.717, 1.165) is 21.3 Å². The Kier molecular flexibility index (Phi) is 6.84. The third kappa shape index (κ3) is 4.71. The second-order valence-corrected chi connectivity index (χ2v) is 8.82. The first-order valence-electron chi connectivity index (χ1n) is 9.06. The topological polar surface area (TPSA) is 93.5 Å². The molecule has 0 aliphatic rings. The predicted molar refractivity (Wildman–Crippen MR) is 108 cm³/mol. The molecule has 0 aliphatic heterocycles. The summed E-state index contributed by atoms with van der Waals surface area (Å²) >= 11 is 0. The normalized spacial score (nSPS) is 11.7. The maximum Gasteiger partial charge on any atom is 0.246 e. The summed E-state index contributed by atoms with van der Waals surface area (Å²) in [6.07, 6.45) is 0.841. The molecule has 0 spiro atoms. The van der Waals surface area contributed by atoms with Crippen LogP contribution in [0.5, 0.6) is 5.75 Å². The van der Waals surface area contributed by atoms with Crippen molar-refractivity contribution < 1.29 is 17.9 Å². The first kappa shape index (κ1) is 21.9. The highest BCUT2D eigenvalue weighted by molar-refractivity contribution is 7.89. The van der Waals surface area contributed by atoms with E-state index >= 15 is 0 Å². The predicted octanol–water partition coefficient (Wildman–Crippen LogP) is 2.26. The average molecular weight is 409 g/mol. The first-order valence-corrected chi connectivity index (χ1v) is 10.5. The minimum absolute atomic E-state index is 0.0242. The second kappa shape index (κ2) is 8.74. The van der Waals surface area contributed by atoms with E-state index in [2.05, 4.69) is 10.4 Å². The summed E-state index contributed by atoms with van der Waals surface area (Å²) in [5.74, 6) is 0.0656. The van der Waals surface area contributed by atoms with Crippen molar-refractivity contribution in [3.05, 3.63) is 35.2 Å². The van der Waals surface area contributed by atoms with Crippen LogP contribution >= 0.6 is 0 Å². The van der Waals surface area contributed by atoms with E-state index < -0.39 is 10.0 Å². The molecule has 0 fully saturated rings. The highest BCUT2D eigenvalue weighted by Crippen LogP contribution is 2.29. The molecule has 0 saturated carbocycles. The molecule has 0 atom stereocenters. The number of carbonyl (C=O) groups excluding carboxylic acids is 1. The number of aromatic nitrogens is 2. The third-order valence-electron chi connectivity index (χ3n) is 4.55. The lowest BCUT2D eigenvalue weighted by atomic mass is 10.1. The zero-order chi connectivity index (χ0) is 21.1. The summed E-state index contributed by atoms with van der Waals surface area (Å²) in [6.45, 7) is 6.01. The Labute approximate surface area is 166 Å². The number of nitrogens with one attached hydrogen (secondary N) is 1. The quantitative estimate of drug-likeness (QED) is 0.723. The van der Waals surface area contributed by atoms with Crippen LogP contribution in [0.1, 0.15) is 30.3 Å². The highest BCUT2D eigenvalue weighted by Gasteiger charge is 2.23. The maximum atomic E-state index is 12.6. The third-order valence-corrected chi connectivity index (χ3v) is 6.38. The summed E-state index contributed by atoms with van der Waals surface area (Å²) in [4.78, 5) is 12.4. The van der Waals surface area contributed by atoms with Crippen molar-refractivity contribution in [2.24, 2.45) is 7.05 Å². The van der Waals surface area contributed by atoms with Crippen LogP contribution < -0.4 is 10.1 Å². The van der Waals surface area contributed by atoms with Gasteiger partial charge in [-0.1, -0.05) is 0 Å². The van der Waals surface area contributed by atoms with Crippen LogP contribution in [0.25, 0.3) is 0 Å². The van der Waals surface area contributed by atoms with Crippen LogP contribution in [0.3, 0.4) is 0 Å². The number of amides is 1. The van der Waals surface area contributed by atoms with Gasteiger partial charge in [-0.25, -0.2) is 12.7 Å². The Balaban J connectivity index is 2.18. The van der Waals surface area contributed by atoms with Gasteiger partial charge in [0.15, 0.2) is 0 Å². The van der Waals surface area contributed by atoms with Crippen molar-refractivity contribution in [3.8, 4) is 5.75 Å². The van der Waals surface area contributed by atoms with Crippen LogP contribution in [-0.2, 0) is 28.3 Å². The van der Waals surface area contributed by atoms with E-state index in [0.29, 0.717) is 18.7 Å². The average Bonchev–Trinajstić information content (AvgIpc) is 2.86. The van der Waals surface area contributed by atoms with Crippen molar-refractivity contribution >= 4 is 21.6 Å². The first-order chi connectivity index (χ1) is 13.1. The fraction of sp³-hybridized carbons (Fsp3) is 0.474. The van der Waals surface area contributed by atoms with Gasteiger partial charge in [0.2, 0.25) is 15.9 Å². The molecule has 0 aliphatic carbocycles. The number of hydrogen-bond donors (Lipinski definition) is 1. The molecule has 1 amide bonds. The van der Waals surface area contributed by atoms with Crippen molar-refractivity contribution in [2.75, 3.05) is 26.0 Å². The van der Waals surface area contributed by atoms with Crippen LogP contribution in [0.2, 0.25) is 0 Å². The molecular weight excluding hydrogens is 380 g/mol. The standard InChI is InChI=1S/C19H28N4O4S/c1-7-27-17-10-8-15(12-18(17)28(25,26)22(4)5)20-19(24)11-9-16-13(2)21-23(6)14(16)3/h8,10,12H,7,9,11H2,1-6H3,(H,20,24). The Morgan fingerprint density at radius 3 is 2.50 bits per heavy atom. The maximum absolute atomic E-state index is 12.6. The van der Waals surface area contributed by atoms with E-state index in [4.69, 9.17) is 4.74 Å². The summed E-state index contributed by atoms with van der Waals surface area (Å²) in [5, 5.41) is 7.13. The molecule has 1 N–H and O–H groups in total. The molecular formula is C19H28N4O4S. The number of benzene rings is 1. The summed E-state index contributed by atoms with van der Waals surface area (Å²) in [7, 11) is 1.07. The summed E-state index contributed by atoms with van der Waals surface area (Å²) < 4.78 is 33.5. The lowest BCUT2D eigenvalue weighted by Crippen LogP contribution is -2.23. The van der Waals surface area contributed by atoms with Crippen LogP contribution in [0.4, 0.5) is 5.69 Å². The molecule has 0 radical (unpaired) electrons. The number of hydrogen-bond acceptors (Lipinski definition) is 5. The lowest BCUT2D eigenvalue weighted by Gasteiger charge is -2.16. The van der Waals surface area contributed by atoms with Crippen LogP contribution in [0.15, 0.2) is 23.1 Å². The Morgan fingerprint density at radius 2 is 1.96 bits per heavy atom. The van der Waals surface area contributed by atoms with E-state index in [9.17, 15) is 13.2 Å². The summed E-state index contributed by atoms with van der Waals surface area (Å²) in [6, 6.07) is 4.63. The number of nitrogens with zero attached hydrogens (tertiary/aromatic N) is 3. The zero-order valence-corrected chi connectivity index (χ0v) is 18.1. The van der Waals surface area contributed by atoms with Crippen molar-refractivity contribution in [2.45, 2.75) is 38.5 Å². The van der Waals surface area contributed by atoms with Gasteiger partial charge in [-0.3, -0.25) is 9.48 Å². The smallest absolute Gasteiger partial charge is 0.246 e. The van der Waals surface area contributed by atoms with E-state index in [1.165, 1.54) is 20.2 Å². The summed E-state index contributed by atoms with van der Waals surface area (Å²) in [5.41, 5.74) is 3.41. The van der Waals surface area contributed by atoms with Gasteiger partial charge >= 0.3 is 0 Å². The van der Waals surface area contributed by atoms with Crippen molar-refractivity contribution in [3.63, 3.8) is 0 Å². The number of rotatable bonds is 8. The molecule has 1 heterocycles. The van der Waals surface area contributed by atoms with Gasteiger partial charge in [-0.05, 0) is 51.0 Å². The van der Waals surface area contributed by atoms with Gasteiger partial charge in [0, 0.05) is 38.9 Å². The molecule has 0 unspecified atom stereocenters. The number of aryl methyl sites for hydroxylation is 2. The molecule has 28 heavy (non-hydrogen) atoms.